The van der Waals surface area contributed by atoms with Crippen LogP contribution < -0.4 is 5.73 Å². The molecule has 0 radical (unpaired) electrons. The number of amides is 1. The maximum absolute atomic E-state index is 12.8. The van der Waals surface area contributed by atoms with Crippen molar-refractivity contribution in [3.63, 3.8) is 0 Å². The number of nitrogens with zero attached hydrogens (tertiary/aromatic N) is 2. The van der Waals surface area contributed by atoms with Crippen LogP contribution in [0.15, 0.2) is 35.5 Å². The summed E-state index contributed by atoms with van der Waals surface area (Å²) >= 11 is 0. The SMILES string of the molecule is COCCN(C(=O)C(C(N)=NO)c1ccccc1)C1CC1. The van der Waals surface area contributed by atoms with E-state index in [1.807, 2.05) is 30.3 Å². The molecule has 0 bridgehead atoms. The van der Waals surface area contributed by atoms with Gasteiger partial charge in [0.05, 0.1) is 6.61 Å². The molecule has 0 spiro atoms. The third-order valence-corrected chi connectivity index (χ3v) is 3.60. The van der Waals surface area contributed by atoms with Crippen LogP contribution in [0, 0.1) is 0 Å². The van der Waals surface area contributed by atoms with Crippen LogP contribution in [0.3, 0.4) is 0 Å². The highest BCUT2D eigenvalue weighted by atomic mass is 16.5. The first-order chi connectivity index (χ1) is 10.2. The number of methoxy groups -OCH3 is 1. The average Bonchev–Trinajstić information content (AvgIpc) is 3.33. The molecule has 1 fully saturated rings. The number of rotatable bonds is 7. The highest BCUT2D eigenvalue weighted by Crippen LogP contribution is 2.30. The van der Waals surface area contributed by atoms with Crippen LogP contribution >= 0.6 is 0 Å². The molecular formula is C15H21N3O3. The summed E-state index contributed by atoms with van der Waals surface area (Å²) in [6, 6.07) is 9.38. The summed E-state index contributed by atoms with van der Waals surface area (Å²) in [7, 11) is 1.60. The van der Waals surface area contributed by atoms with Crippen molar-refractivity contribution in [1.82, 2.24) is 4.90 Å². The summed E-state index contributed by atoms with van der Waals surface area (Å²) in [5.41, 5.74) is 6.48. The van der Waals surface area contributed by atoms with Gasteiger partial charge in [0.1, 0.15) is 5.92 Å². The van der Waals surface area contributed by atoms with E-state index >= 15 is 0 Å². The Balaban J connectivity index is 2.25. The molecule has 2 rings (SSSR count). The largest absolute Gasteiger partial charge is 0.409 e. The molecule has 1 amide bonds. The molecule has 1 aliphatic carbocycles. The molecule has 1 aromatic rings. The van der Waals surface area contributed by atoms with Gasteiger partial charge in [-0.05, 0) is 18.4 Å². The number of carbonyl (C=O) groups excluding carboxylic acids is 1. The lowest BCUT2D eigenvalue weighted by atomic mass is 9.96. The fraction of sp³-hybridized carbons (Fsp3) is 0.467. The molecule has 114 valence electrons. The van der Waals surface area contributed by atoms with E-state index in [9.17, 15) is 4.79 Å². The Morgan fingerprint density at radius 2 is 2.14 bits per heavy atom. The molecule has 21 heavy (non-hydrogen) atoms. The predicted octanol–water partition coefficient (Wildman–Crippen LogP) is 1.15. The van der Waals surface area contributed by atoms with Crippen molar-refractivity contribution in [2.45, 2.75) is 24.8 Å². The van der Waals surface area contributed by atoms with Crippen molar-refractivity contribution in [3.8, 4) is 0 Å². The lowest BCUT2D eigenvalue weighted by Gasteiger charge is -2.27. The Morgan fingerprint density at radius 3 is 2.67 bits per heavy atom. The van der Waals surface area contributed by atoms with Crippen LogP contribution in [-0.2, 0) is 9.53 Å². The van der Waals surface area contributed by atoms with Gasteiger partial charge < -0.3 is 20.6 Å². The number of ether oxygens (including phenoxy) is 1. The lowest BCUT2D eigenvalue weighted by molar-refractivity contribution is -0.132. The van der Waals surface area contributed by atoms with Crippen LogP contribution in [0.1, 0.15) is 24.3 Å². The van der Waals surface area contributed by atoms with Crippen molar-refractivity contribution in [1.29, 1.82) is 0 Å². The fourth-order valence-electron chi connectivity index (χ4n) is 2.36. The molecule has 0 aromatic heterocycles. The van der Waals surface area contributed by atoms with Gasteiger partial charge in [-0.1, -0.05) is 35.5 Å². The average molecular weight is 291 g/mol. The summed E-state index contributed by atoms with van der Waals surface area (Å²) in [4.78, 5) is 14.6. The first-order valence-electron chi connectivity index (χ1n) is 7.00. The van der Waals surface area contributed by atoms with Gasteiger partial charge in [-0.15, -0.1) is 0 Å². The summed E-state index contributed by atoms with van der Waals surface area (Å²) in [5.74, 6) is -0.987. The lowest BCUT2D eigenvalue weighted by Crippen LogP contribution is -2.43. The standard InChI is InChI=1S/C15H21N3O3/c1-21-10-9-18(12-7-8-12)15(19)13(14(16)17-20)11-5-3-2-4-6-11/h2-6,12-13,20H,7-10H2,1H3,(H2,16,17). The molecule has 1 unspecified atom stereocenters. The van der Waals surface area contributed by atoms with Gasteiger partial charge in [-0.2, -0.15) is 0 Å². The Hall–Kier alpha value is -2.08. The number of carbonyl (C=O) groups is 1. The Labute approximate surface area is 124 Å². The minimum Gasteiger partial charge on any atom is -0.409 e. The quantitative estimate of drug-likeness (QED) is 0.341. The molecule has 6 heteroatoms. The summed E-state index contributed by atoms with van der Waals surface area (Å²) < 4.78 is 5.07. The smallest absolute Gasteiger partial charge is 0.238 e. The summed E-state index contributed by atoms with van der Waals surface area (Å²) in [6.45, 7) is 0.988. The summed E-state index contributed by atoms with van der Waals surface area (Å²) in [5, 5.41) is 12.0. The molecule has 0 aliphatic heterocycles. The molecule has 0 saturated heterocycles. The number of oxime groups is 1. The van der Waals surface area contributed by atoms with Crippen LogP contribution in [-0.4, -0.2) is 48.2 Å². The van der Waals surface area contributed by atoms with E-state index in [-0.39, 0.29) is 17.8 Å². The normalized spacial score (nSPS) is 16.5. The van der Waals surface area contributed by atoms with Gasteiger partial charge in [0, 0.05) is 19.7 Å². The number of hydrogen-bond acceptors (Lipinski definition) is 4. The zero-order valence-electron chi connectivity index (χ0n) is 12.1. The van der Waals surface area contributed by atoms with Gasteiger partial charge in [-0.25, -0.2) is 0 Å². The van der Waals surface area contributed by atoms with E-state index in [1.165, 1.54) is 0 Å². The highest BCUT2D eigenvalue weighted by Gasteiger charge is 2.37. The van der Waals surface area contributed by atoms with Gasteiger partial charge in [-0.3, -0.25) is 4.79 Å². The third kappa shape index (κ3) is 3.72. The topological polar surface area (TPSA) is 88.2 Å². The van der Waals surface area contributed by atoms with Gasteiger partial charge in [0.2, 0.25) is 5.91 Å². The van der Waals surface area contributed by atoms with E-state index < -0.39 is 5.92 Å². The second-order valence-electron chi connectivity index (χ2n) is 5.12. The second-order valence-corrected chi connectivity index (χ2v) is 5.12. The van der Waals surface area contributed by atoms with Crippen LogP contribution in [0.4, 0.5) is 0 Å². The Morgan fingerprint density at radius 1 is 1.48 bits per heavy atom. The Bertz CT molecular complexity index is 500. The Kier molecular flexibility index (Phi) is 5.16. The highest BCUT2D eigenvalue weighted by molar-refractivity contribution is 6.07. The maximum Gasteiger partial charge on any atom is 0.238 e. The second kappa shape index (κ2) is 7.08. The van der Waals surface area contributed by atoms with Gasteiger partial charge in [0.15, 0.2) is 5.84 Å². The first kappa shape index (κ1) is 15.3. The number of amidine groups is 1. The van der Waals surface area contributed by atoms with Crippen molar-refractivity contribution in [2.24, 2.45) is 10.9 Å². The van der Waals surface area contributed by atoms with E-state index in [2.05, 4.69) is 5.16 Å². The third-order valence-electron chi connectivity index (χ3n) is 3.60. The van der Waals surface area contributed by atoms with Crippen LogP contribution in [0.25, 0.3) is 0 Å². The van der Waals surface area contributed by atoms with Crippen molar-refractivity contribution in [2.75, 3.05) is 20.3 Å². The van der Waals surface area contributed by atoms with Gasteiger partial charge in [0.25, 0.3) is 0 Å². The van der Waals surface area contributed by atoms with Crippen molar-refractivity contribution < 1.29 is 14.7 Å². The van der Waals surface area contributed by atoms with Gasteiger partial charge >= 0.3 is 0 Å². The minimum atomic E-state index is -0.756. The first-order valence-corrected chi connectivity index (χ1v) is 7.00. The summed E-state index contributed by atoms with van der Waals surface area (Å²) in [6.07, 6.45) is 1.99. The minimum absolute atomic E-state index is 0.0886. The molecule has 1 aliphatic rings. The van der Waals surface area contributed by atoms with E-state index in [4.69, 9.17) is 15.7 Å². The fourth-order valence-corrected chi connectivity index (χ4v) is 2.36. The molecule has 6 nitrogen and oxygen atoms in total. The van der Waals surface area contributed by atoms with Crippen LogP contribution in [0.5, 0.6) is 0 Å². The van der Waals surface area contributed by atoms with Crippen molar-refractivity contribution >= 4 is 11.7 Å². The molecular weight excluding hydrogens is 270 g/mol. The predicted molar refractivity (Wildman–Crippen MR) is 79.2 cm³/mol. The maximum atomic E-state index is 12.8. The molecule has 3 N–H and O–H groups in total. The molecule has 0 heterocycles. The van der Waals surface area contributed by atoms with Crippen LogP contribution in [0.2, 0.25) is 0 Å². The zero-order chi connectivity index (χ0) is 15.2. The van der Waals surface area contributed by atoms with E-state index in [1.54, 1.807) is 12.0 Å². The molecule has 1 atom stereocenters. The molecule has 1 aromatic carbocycles. The molecule has 1 saturated carbocycles. The number of nitrogens with two attached hydrogens (primary N) is 1. The number of benzene rings is 1. The van der Waals surface area contributed by atoms with E-state index in [0.29, 0.717) is 13.2 Å². The monoisotopic (exact) mass is 291 g/mol. The van der Waals surface area contributed by atoms with Crippen molar-refractivity contribution in [3.05, 3.63) is 35.9 Å². The zero-order valence-corrected chi connectivity index (χ0v) is 12.1. The van der Waals surface area contributed by atoms with E-state index in [0.717, 1.165) is 18.4 Å². The number of hydrogen-bond donors (Lipinski definition) is 2.